The number of allylic oxidation sites excluding steroid dienone is 5. The topological polar surface area (TPSA) is 83.2 Å². The van der Waals surface area contributed by atoms with E-state index in [9.17, 15) is 10.1 Å². The van der Waals surface area contributed by atoms with Crippen molar-refractivity contribution < 1.29 is 4.74 Å². The van der Waals surface area contributed by atoms with Gasteiger partial charge in [-0.25, -0.2) is 4.98 Å². The minimum Gasteiger partial charge on any atom is -0.497 e. The van der Waals surface area contributed by atoms with Gasteiger partial charge in [0.2, 0.25) is 5.95 Å². The minimum atomic E-state index is -0.127. The number of rotatable bonds is 8. The number of nitrogens with one attached hydrogen (secondary N) is 1. The Morgan fingerprint density at radius 1 is 1.39 bits per heavy atom. The SMILES string of the molecule is C=C/C(C#N)=C\C=C(/C)c1nc(N(C)CC2CCNC2)n(C)c(=O)c1-c1ccc(OC)cc1. The highest BCUT2D eigenvalue weighted by molar-refractivity contribution is 5.79. The average molecular weight is 446 g/mol. The van der Waals surface area contributed by atoms with Crippen LogP contribution >= 0.6 is 0 Å². The number of nitrogens with zero attached hydrogens (tertiary/aromatic N) is 4. The van der Waals surface area contributed by atoms with Crippen molar-refractivity contribution in [3.8, 4) is 22.9 Å². The van der Waals surface area contributed by atoms with Crippen molar-refractivity contribution in [2.75, 3.05) is 38.7 Å². The Labute approximate surface area is 195 Å². The fourth-order valence-corrected chi connectivity index (χ4v) is 4.02. The van der Waals surface area contributed by atoms with Crippen molar-refractivity contribution in [3.63, 3.8) is 0 Å². The van der Waals surface area contributed by atoms with Gasteiger partial charge in [-0.2, -0.15) is 5.26 Å². The molecule has 0 amide bonds. The molecule has 172 valence electrons. The van der Waals surface area contributed by atoms with Crippen molar-refractivity contribution in [1.29, 1.82) is 5.26 Å². The molecule has 3 rings (SSSR count). The van der Waals surface area contributed by atoms with Gasteiger partial charge in [-0.1, -0.05) is 30.9 Å². The summed E-state index contributed by atoms with van der Waals surface area (Å²) >= 11 is 0. The first-order chi connectivity index (χ1) is 15.9. The number of benzene rings is 1. The van der Waals surface area contributed by atoms with Crippen molar-refractivity contribution >= 4 is 11.5 Å². The summed E-state index contributed by atoms with van der Waals surface area (Å²) in [5, 5.41) is 12.6. The van der Waals surface area contributed by atoms with Gasteiger partial charge in [-0.05, 0) is 61.7 Å². The molecule has 0 spiro atoms. The molecule has 7 heteroatoms. The van der Waals surface area contributed by atoms with Gasteiger partial charge in [0.1, 0.15) is 5.75 Å². The van der Waals surface area contributed by atoms with Crippen LogP contribution < -0.4 is 20.5 Å². The van der Waals surface area contributed by atoms with Gasteiger partial charge in [-0.15, -0.1) is 0 Å². The Hall–Kier alpha value is -3.63. The minimum absolute atomic E-state index is 0.127. The van der Waals surface area contributed by atoms with Crippen molar-refractivity contribution in [2.24, 2.45) is 13.0 Å². The summed E-state index contributed by atoms with van der Waals surface area (Å²) in [6.07, 6.45) is 6.10. The molecule has 2 aromatic rings. The summed E-state index contributed by atoms with van der Waals surface area (Å²) in [5.74, 6) is 1.84. The summed E-state index contributed by atoms with van der Waals surface area (Å²) in [7, 11) is 5.34. The lowest BCUT2D eigenvalue weighted by molar-refractivity contribution is 0.415. The first-order valence-corrected chi connectivity index (χ1v) is 11.0. The summed E-state index contributed by atoms with van der Waals surface area (Å²) < 4.78 is 6.88. The third kappa shape index (κ3) is 5.41. The summed E-state index contributed by atoms with van der Waals surface area (Å²) in [4.78, 5) is 20.6. The Balaban J connectivity index is 2.16. The highest BCUT2D eigenvalue weighted by atomic mass is 16.5. The Kier molecular flexibility index (Phi) is 7.86. The van der Waals surface area contributed by atoms with Crippen molar-refractivity contribution in [2.45, 2.75) is 13.3 Å². The van der Waals surface area contributed by atoms with Crippen LogP contribution in [-0.2, 0) is 7.05 Å². The molecule has 0 saturated carbocycles. The molecule has 1 unspecified atom stereocenters. The van der Waals surface area contributed by atoms with E-state index in [0.29, 0.717) is 34.4 Å². The van der Waals surface area contributed by atoms with E-state index in [1.165, 1.54) is 6.08 Å². The maximum atomic E-state index is 13.6. The van der Waals surface area contributed by atoms with Gasteiger partial charge in [0.25, 0.3) is 5.56 Å². The fraction of sp³-hybridized carbons (Fsp3) is 0.346. The molecule has 0 aliphatic carbocycles. The number of ether oxygens (including phenoxy) is 1. The third-order valence-electron chi connectivity index (χ3n) is 5.92. The van der Waals surface area contributed by atoms with Crippen molar-refractivity contribution in [3.05, 3.63) is 70.7 Å². The molecule has 0 radical (unpaired) electrons. The number of aromatic nitrogens is 2. The van der Waals surface area contributed by atoms with Crippen LogP contribution in [0.3, 0.4) is 0 Å². The number of methoxy groups -OCH3 is 1. The van der Waals surface area contributed by atoms with Gasteiger partial charge in [0.05, 0.1) is 30.0 Å². The highest BCUT2D eigenvalue weighted by Gasteiger charge is 2.22. The lowest BCUT2D eigenvalue weighted by Gasteiger charge is -2.25. The molecule has 1 atom stereocenters. The quantitative estimate of drug-likeness (QED) is 0.494. The van der Waals surface area contributed by atoms with Gasteiger partial charge < -0.3 is 15.0 Å². The molecular formula is C26H31N5O2. The monoisotopic (exact) mass is 445 g/mol. The van der Waals surface area contributed by atoms with E-state index in [1.807, 2.05) is 43.1 Å². The standard InChI is InChI=1S/C26H31N5O2/c1-6-19(15-27)8-7-18(2)24-23(21-9-11-22(33-5)12-10-21)25(32)31(4)26(29-24)30(3)17-20-13-14-28-16-20/h6-12,20,28H,1,13-14,16-17H2,2-5H3/b18-7+,19-8+. The van der Waals surface area contributed by atoms with Crippen LogP contribution in [0.15, 0.2) is 59.4 Å². The van der Waals surface area contributed by atoms with Crippen LogP contribution in [0.5, 0.6) is 5.75 Å². The highest BCUT2D eigenvalue weighted by Crippen LogP contribution is 2.28. The Bertz CT molecular complexity index is 1160. The lowest BCUT2D eigenvalue weighted by Crippen LogP contribution is -2.34. The zero-order chi connectivity index (χ0) is 24.0. The maximum absolute atomic E-state index is 13.6. The van der Waals surface area contributed by atoms with Crippen LogP contribution in [-0.4, -0.2) is 43.3 Å². The predicted octanol–water partition coefficient (Wildman–Crippen LogP) is 3.54. The van der Waals surface area contributed by atoms with Crippen LogP contribution in [0.2, 0.25) is 0 Å². The zero-order valence-electron chi connectivity index (χ0n) is 19.8. The van der Waals surface area contributed by atoms with E-state index >= 15 is 0 Å². The molecule has 0 bridgehead atoms. The van der Waals surface area contributed by atoms with E-state index in [0.717, 1.165) is 37.2 Å². The Morgan fingerprint density at radius 2 is 2.12 bits per heavy atom. The fourth-order valence-electron chi connectivity index (χ4n) is 4.02. The van der Waals surface area contributed by atoms with E-state index in [-0.39, 0.29) is 5.56 Å². The molecule has 1 aliphatic heterocycles. The summed E-state index contributed by atoms with van der Waals surface area (Å²) in [6, 6.07) is 9.48. The van der Waals surface area contributed by atoms with Crippen molar-refractivity contribution in [1.82, 2.24) is 14.9 Å². The molecular weight excluding hydrogens is 414 g/mol. The normalized spacial score (nSPS) is 16.4. The maximum Gasteiger partial charge on any atom is 0.263 e. The first kappa shape index (κ1) is 24.0. The molecule has 1 fully saturated rings. The average Bonchev–Trinajstić information content (AvgIpc) is 3.34. The molecule has 33 heavy (non-hydrogen) atoms. The van der Waals surface area contributed by atoms with Gasteiger partial charge in [0, 0.05) is 20.6 Å². The summed E-state index contributed by atoms with van der Waals surface area (Å²) in [6.45, 7) is 8.36. The van der Waals surface area contributed by atoms with E-state index in [1.54, 1.807) is 30.9 Å². The molecule has 7 nitrogen and oxygen atoms in total. The number of hydrogen-bond donors (Lipinski definition) is 1. The Morgan fingerprint density at radius 3 is 2.70 bits per heavy atom. The van der Waals surface area contributed by atoms with E-state index in [2.05, 4.69) is 18.0 Å². The molecule has 1 N–H and O–H groups in total. The molecule has 1 aromatic carbocycles. The number of anilines is 1. The second kappa shape index (κ2) is 10.8. The van der Waals surface area contributed by atoms with Crippen LogP contribution in [0, 0.1) is 17.2 Å². The number of hydrogen-bond acceptors (Lipinski definition) is 6. The van der Waals surface area contributed by atoms with Crippen LogP contribution in [0.1, 0.15) is 19.0 Å². The zero-order valence-corrected chi connectivity index (χ0v) is 19.8. The van der Waals surface area contributed by atoms with Gasteiger partial charge >= 0.3 is 0 Å². The molecule has 1 aromatic heterocycles. The van der Waals surface area contributed by atoms with Gasteiger partial charge in [0.15, 0.2) is 0 Å². The second-order valence-electron chi connectivity index (χ2n) is 8.26. The number of nitriles is 1. The van der Waals surface area contributed by atoms with Crippen LogP contribution in [0.25, 0.3) is 16.7 Å². The van der Waals surface area contributed by atoms with E-state index < -0.39 is 0 Å². The second-order valence-corrected chi connectivity index (χ2v) is 8.26. The first-order valence-electron chi connectivity index (χ1n) is 11.0. The molecule has 2 heterocycles. The predicted molar refractivity (Wildman–Crippen MR) is 133 cm³/mol. The third-order valence-corrected chi connectivity index (χ3v) is 5.92. The van der Waals surface area contributed by atoms with Crippen LogP contribution in [0.4, 0.5) is 5.95 Å². The summed E-state index contributed by atoms with van der Waals surface area (Å²) in [5.41, 5.74) is 2.96. The van der Waals surface area contributed by atoms with E-state index in [4.69, 9.17) is 9.72 Å². The molecule has 1 aliphatic rings. The lowest BCUT2D eigenvalue weighted by atomic mass is 10.0. The molecule has 1 saturated heterocycles. The largest absolute Gasteiger partial charge is 0.497 e. The van der Waals surface area contributed by atoms with Gasteiger partial charge in [-0.3, -0.25) is 9.36 Å². The smallest absolute Gasteiger partial charge is 0.263 e.